The highest BCUT2D eigenvalue weighted by atomic mass is 32.5. The third kappa shape index (κ3) is 3.28. The molecule has 0 amide bonds. The summed E-state index contributed by atoms with van der Waals surface area (Å²) in [6.07, 6.45) is 0.776. The third-order valence-electron chi connectivity index (χ3n) is 2.40. The highest BCUT2D eigenvalue weighted by molar-refractivity contribution is 8.06. The Labute approximate surface area is 95.0 Å². The summed E-state index contributed by atoms with van der Waals surface area (Å²) in [7, 11) is 0. The van der Waals surface area contributed by atoms with Gasteiger partial charge in [-0.2, -0.15) is 0 Å². The van der Waals surface area contributed by atoms with E-state index in [-0.39, 0.29) is 0 Å². The second-order valence-electron chi connectivity index (χ2n) is 3.42. The summed E-state index contributed by atoms with van der Waals surface area (Å²) < 4.78 is 5.00. The van der Waals surface area contributed by atoms with Crippen LogP contribution in [0.15, 0.2) is 12.1 Å². The molecule has 0 fully saturated rings. The Balaban J connectivity index is 3.19. The Morgan fingerprint density at radius 1 is 1.33 bits per heavy atom. The zero-order chi connectivity index (χ0) is 11.6. The molecule has 0 spiro atoms. The predicted molar refractivity (Wildman–Crippen MR) is 64.6 cm³/mol. The minimum atomic E-state index is -3.63. The maximum atomic E-state index is 9.11. The molecule has 0 radical (unpaired) electrons. The van der Waals surface area contributed by atoms with Gasteiger partial charge in [0.2, 0.25) is 0 Å². The highest BCUT2D eigenvalue weighted by Gasteiger charge is 2.14. The van der Waals surface area contributed by atoms with Crippen LogP contribution in [0.2, 0.25) is 0 Å². The van der Waals surface area contributed by atoms with Gasteiger partial charge in [-0.25, -0.2) is 0 Å². The fourth-order valence-electron chi connectivity index (χ4n) is 1.50. The van der Waals surface area contributed by atoms with Gasteiger partial charge in [0.1, 0.15) is 5.75 Å². The van der Waals surface area contributed by atoms with Crippen LogP contribution in [0.25, 0.3) is 0 Å². The number of hydrogen-bond acceptors (Lipinski definition) is 2. The van der Waals surface area contributed by atoms with Crippen molar-refractivity contribution in [2.24, 2.45) is 0 Å². The van der Waals surface area contributed by atoms with Crippen molar-refractivity contribution in [3.05, 3.63) is 28.8 Å². The minimum absolute atomic E-state index is 0.480. The summed E-state index contributed by atoms with van der Waals surface area (Å²) in [5.74, 6) is 0.480. The molecule has 0 unspecified atom stereocenters. The first-order valence-electron chi connectivity index (χ1n) is 4.69. The van der Waals surface area contributed by atoms with E-state index >= 15 is 0 Å². The van der Waals surface area contributed by atoms with Crippen molar-refractivity contribution in [2.75, 3.05) is 0 Å². The molecule has 0 aliphatic carbocycles. The van der Waals surface area contributed by atoms with Gasteiger partial charge < -0.3 is 14.3 Å². The average molecular weight is 246 g/mol. The van der Waals surface area contributed by atoms with Gasteiger partial charge in [0.25, 0.3) is 0 Å². The van der Waals surface area contributed by atoms with Crippen LogP contribution in [-0.4, -0.2) is 9.79 Å². The van der Waals surface area contributed by atoms with E-state index < -0.39 is 6.72 Å². The molecule has 0 aromatic heterocycles. The molecule has 0 aliphatic rings. The van der Waals surface area contributed by atoms with Crippen LogP contribution in [0.5, 0.6) is 5.75 Å². The Morgan fingerprint density at radius 2 is 1.93 bits per heavy atom. The van der Waals surface area contributed by atoms with Crippen LogP contribution < -0.4 is 4.52 Å². The molecule has 0 bridgehead atoms. The molecule has 2 N–H and O–H groups in total. The first kappa shape index (κ1) is 12.7. The zero-order valence-corrected chi connectivity index (χ0v) is 10.7. The lowest BCUT2D eigenvalue weighted by Gasteiger charge is -2.16. The van der Waals surface area contributed by atoms with Crippen LogP contribution in [0.1, 0.15) is 23.6 Å². The SMILES string of the molecule is CCc1c(OP(O)(O)=S)ccc(C)c1C. The van der Waals surface area contributed by atoms with Gasteiger partial charge in [-0.05, 0) is 43.0 Å². The van der Waals surface area contributed by atoms with Crippen LogP contribution in [0, 0.1) is 13.8 Å². The van der Waals surface area contributed by atoms with Gasteiger partial charge >= 0.3 is 6.72 Å². The predicted octanol–water partition coefficient (Wildman–Crippen LogP) is 2.45. The van der Waals surface area contributed by atoms with Crippen molar-refractivity contribution in [3.8, 4) is 5.75 Å². The second kappa shape index (κ2) is 4.62. The molecule has 0 aliphatic heterocycles. The summed E-state index contributed by atoms with van der Waals surface area (Å²) in [4.78, 5) is 18.2. The largest absolute Gasteiger partial charge is 0.424 e. The van der Waals surface area contributed by atoms with Crippen LogP contribution in [-0.2, 0) is 18.2 Å². The molecule has 3 nitrogen and oxygen atoms in total. The van der Waals surface area contributed by atoms with Crippen LogP contribution >= 0.6 is 6.72 Å². The lowest BCUT2D eigenvalue weighted by atomic mass is 10.0. The van der Waals surface area contributed by atoms with Crippen LogP contribution in [0.3, 0.4) is 0 Å². The Bertz CT molecular complexity index is 411. The number of rotatable bonds is 3. The fourth-order valence-corrected chi connectivity index (χ4v) is 2.17. The standard InChI is InChI=1S/C10H15O3PS/c1-4-9-8(3)7(2)5-6-10(9)13-14(11,12)15/h5-6H,4H2,1-3H3,(H2,11,12,15). The number of hydrogen-bond donors (Lipinski definition) is 2. The molecule has 0 heterocycles. The molecule has 0 saturated carbocycles. The summed E-state index contributed by atoms with van der Waals surface area (Å²) >= 11 is 4.45. The average Bonchev–Trinajstić information content (AvgIpc) is 2.10. The van der Waals surface area contributed by atoms with Crippen molar-refractivity contribution < 1.29 is 14.3 Å². The lowest BCUT2D eigenvalue weighted by molar-refractivity contribution is 0.369. The van der Waals surface area contributed by atoms with Crippen molar-refractivity contribution in [2.45, 2.75) is 27.2 Å². The molecule has 5 heteroatoms. The quantitative estimate of drug-likeness (QED) is 0.804. The number of aryl methyl sites for hydroxylation is 1. The molecule has 1 aromatic carbocycles. The first-order chi connectivity index (χ1) is 6.85. The first-order valence-corrected chi connectivity index (χ1v) is 7.32. The maximum Gasteiger partial charge on any atom is 0.375 e. The molecule has 1 rings (SSSR count). The highest BCUT2D eigenvalue weighted by Crippen LogP contribution is 2.40. The van der Waals surface area contributed by atoms with Crippen molar-refractivity contribution in [1.29, 1.82) is 0 Å². The van der Waals surface area contributed by atoms with E-state index in [0.717, 1.165) is 23.1 Å². The van der Waals surface area contributed by atoms with Gasteiger partial charge in [0.15, 0.2) is 0 Å². The molecule has 1 aromatic rings. The lowest BCUT2D eigenvalue weighted by Crippen LogP contribution is -1.98. The Hall–Kier alpha value is -0.410. The van der Waals surface area contributed by atoms with E-state index in [1.54, 1.807) is 6.07 Å². The molecular weight excluding hydrogens is 231 g/mol. The third-order valence-corrected chi connectivity index (χ3v) is 3.06. The smallest absolute Gasteiger partial charge is 0.375 e. The topological polar surface area (TPSA) is 49.7 Å². The van der Waals surface area contributed by atoms with Gasteiger partial charge in [0.05, 0.1) is 0 Å². The van der Waals surface area contributed by atoms with Crippen molar-refractivity contribution in [1.82, 2.24) is 0 Å². The number of benzene rings is 1. The van der Waals surface area contributed by atoms with E-state index in [1.165, 1.54) is 0 Å². The van der Waals surface area contributed by atoms with E-state index in [9.17, 15) is 0 Å². The van der Waals surface area contributed by atoms with E-state index in [2.05, 4.69) is 11.8 Å². The summed E-state index contributed by atoms with van der Waals surface area (Å²) in [6, 6.07) is 3.61. The van der Waals surface area contributed by atoms with Gasteiger partial charge in [-0.1, -0.05) is 13.0 Å². The Morgan fingerprint density at radius 3 is 2.40 bits per heavy atom. The van der Waals surface area contributed by atoms with E-state index in [4.69, 9.17) is 14.3 Å². The monoisotopic (exact) mass is 246 g/mol. The van der Waals surface area contributed by atoms with E-state index in [1.807, 2.05) is 26.8 Å². The molecule has 0 atom stereocenters. The Kier molecular flexibility index (Phi) is 3.90. The summed E-state index contributed by atoms with van der Waals surface area (Å²) in [5, 5.41) is 0. The zero-order valence-electron chi connectivity index (χ0n) is 9.02. The summed E-state index contributed by atoms with van der Waals surface area (Å²) in [6.45, 7) is 2.36. The van der Waals surface area contributed by atoms with Gasteiger partial charge in [-0.3, -0.25) is 0 Å². The normalized spacial score (nSPS) is 11.5. The summed E-state index contributed by atoms with van der Waals surface area (Å²) in [5.41, 5.74) is 3.24. The fraction of sp³-hybridized carbons (Fsp3) is 0.400. The van der Waals surface area contributed by atoms with E-state index in [0.29, 0.717) is 5.75 Å². The van der Waals surface area contributed by atoms with Gasteiger partial charge in [0, 0.05) is 11.8 Å². The van der Waals surface area contributed by atoms with Gasteiger partial charge in [-0.15, -0.1) is 0 Å². The molecule has 15 heavy (non-hydrogen) atoms. The molecular formula is C10H15O3PS. The second-order valence-corrected chi connectivity index (χ2v) is 6.01. The van der Waals surface area contributed by atoms with Crippen molar-refractivity contribution >= 4 is 18.5 Å². The molecule has 84 valence electrons. The minimum Gasteiger partial charge on any atom is -0.424 e. The maximum absolute atomic E-state index is 9.11. The van der Waals surface area contributed by atoms with Crippen LogP contribution in [0.4, 0.5) is 0 Å². The van der Waals surface area contributed by atoms with Crippen molar-refractivity contribution in [3.63, 3.8) is 0 Å². The molecule has 0 saturated heterocycles.